The van der Waals surface area contributed by atoms with Gasteiger partial charge in [-0.05, 0) is 27.7 Å². The van der Waals surface area contributed by atoms with Gasteiger partial charge in [0.25, 0.3) is 0 Å². The second-order valence-corrected chi connectivity index (χ2v) is 5.00. The minimum absolute atomic E-state index is 0.211. The molecule has 0 aliphatic carbocycles. The molecule has 0 aromatic rings. The molecular formula is C22H52O6. The van der Waals surface area contributed by atoms with Crippen LogP contribution in [0, 0.1) is 0 Å². The number of esters is 2. The Morgan fingerprint density at radius 1 is 0.500 bits per heavy atom. The normalized spacial score (nSPS) is 7.57. The van der Waals surface area contributed by atoms with Gasteiger partial charge in [0.1, 0.15) is 0 Å². The summed E-state index contributed by atoms with van der Waals surface area (Å²) in [7, 11) is 3.36. The van der Waals surface area contributed by atoms with Crippen molar-refractivity contribution >= 4 is 11.9 Å². The van der Waals surface area contributed by atoms with Crippen molar-refractivity contribution in [2.24, 2.45) is 0 Å². The lowest BCUT2D eigenvalue weighted by Gasteiger charge is -1.89. The van der Waals surface area contributed by atoms with Gasteiger partial charge in [-0.1, -0.05) is 53.4 Å². The molecule has 0 unspecified atom stereocenters. The van der Waals surface area contributed by atoms with Crippen LogP contribution in [0.5, 0.6) is 0 Å². The van der Waals surface area contributed by atoms with Crippen LogP contribution in [0.25, 0.3) is 0 Å². The Hall–Kier alpha value is -1.14. The molecule has 0 aromatic heterocycles. The fourth-order valence-electron chi connectivity index (χ4n) is 0.407. The first-order chi connectivity index (χ1) is 13.2. The largest absolute Gasteiger partial charge is 0.466 e. The van der Waals surface area contributed by atoms with E-state index in [4.69, 9.17) is 0 Å². The van der Waals surface area contributed by atoms with E-state index in [1.54, 1.807) is 28.1 Å². The van der Waals surface area contributed by atoms with E-state index in [9.17, 15) is 9.59 Å². The molecule has 0 atom stereocenters. The minimum Gasteiger partial charge on any atom is -0.466 e. The SMILES string of the molecule is CCCC.CCCC.CCOC.CCOC.CCOC(C)=O.CCOC(C)=O. The van der Waals surface area contributed by atoms with Crippen molar-refractivity contribution in [1.82, 2.24) is 0 Å². The van der Waals surface area contributed by atoms with E-state index < -0.39 is 0 Å². The molecule has 0 rings (SSSR count). The molecule has 0 saturated heterocycles. The number of carbonyl (C=O) groups excluding carboxylic acids is 2. The minimum atomic E-state index is -0.211. The molecule has 28 heavy (non-hydrogen) atoms. The van der Waals surface area contributed by atoms with Crippen LogP contribution in [-0.4, -0.2) is 52.6 Å². The van der Waals surface area contributed by atoms with Gasteiger partial charge in [-0.25, -0.2) is 0 Å². The fourth-order valence-corrected chi connectivity index (χ4v) is 0.407. The van der Waals surface area contributed by atoms with E-state index >= 15 is 0 Å². The monoisotopic (exact) mass is 412 g/mol. The standard InChI is InChI=1S/2C4H8O2.2C4H10.2C3H8O/c2*1-3-6-4(2)5;4*1-3-4-2/h2*3H2,1-2H3;2*3-4H2,1-2H3;2*3H2,1-2H3. The molecular weight excluding hydrogens is 360 g/mol. The highest BCUT2D eigenvalue weighted by Gasteiger charge is 1.82. The maximum atomic E-state index is 9.82. The first-order valence-corrected chi connectivity index (χ1v) is 10.4. The van der Waals surface area contributed by atoms with Gasteiger partial charge in [0.15, 0.2) is 0 Å². The van der Waals surface area contributed by atoms with E-state index in [0.717, 1.165) is 13.2 Å². The molecule has 0 spiro atoms. The average molecular weight is 413 g/mol. The first kappa shape index (κ1) is 41.3. The van der Waals surface area contributed by atoms with Crippen molar-refractivity contribution in [2.45, 2.75) is 94.9 Å². The van der Waals surface area contributed by atoms with E-state index in [1.807, 2.05) is 13.8 Å². The number of hydrogen-bond donors (Lipinski definition) is 0. The summed E-state index contributed by atoms with van der Waals surface area (Å²) in [5.41, 5.74) is 0. The van der Waals surface area contributed by atoms with Crippen molar-refractivity contribution in [2.75, 3.05) is 40.6 Å². The molecule has 0 radical (unpaired) electrons. The molecule has 0 heterocycles. The summed E-state index contributed by atoms with van der Waals surface area (Å²) in [5, 5.41) is 0. The molecule has 0 fully saturated rings. The summed E-state index contributed by atoms with van der Waals surface area (Å²) in [6.07, 6.45) is 5.28. The van der Waals surface area contributed by atoms with Gasteiger partial charge >= 0.3 is 11.9 Å². The fraction of sp³-hybridized carbons (Fsp3) is 0.909. The Morgan fingerprint density at radius 3 is 0.679 bits per heavy atom. The number of hydrogen-bond acceptors (Lipinski definition) is 6. The van der Waals surface area contributed by atoms with Crippen LogP contribution in [-0.2, 0) is 28.5 Å². The van der Waals surface area contributed by atoms with Crippen molar-refractivity contribution in [1.29, 1.82) is 0 Å². The summed E-state index contributed by atoms with van der Waals surface area (Å²) in [6.45, 7) is 21.6. The Kier molecular flexibility index (Phi) is 82.9. The van der Waals surface area contributed by atoms with Gasteiger partial charge in [0.05, 0.1) is 13.2 Å². The first-order valence-electron chi connectivity index (χ1n) is 10.4. The van der Waals surface area contributed by atoms with E-state index in [2.05, 4.69) is 46.6 Å². The molecule has 0 saturated carbocycles. The molecule has 0 aliphatic heterocycles. The highest BCUT2D eigenvalue weighted by atomic mass is 16.5. The number of carbonyl (C=O) groups is 2. The van der Waals surface area contributed by atoms with Crippen molar-refractivity contribution < 1.29 is 28.5 Å². The van der Waals surface area contributed by atoms with Crippen LogP contribution in [0.3, 0.4) is 0 Å². The second kappa shape index (κ2) is 56.2. The molecule has 0 amide bonds. The van der Waals surface area contributed by atoms with E-state index in [-0.39, 0.29) is 11.9 Å². The third-order valence-corrected chi connectivity index (χ3v) is 2.27. The molecule has 6 heteroatoms. The average Bonchev–Trinajstić information content (AvgIpc) is 2.69. The van der Waals surface area contributed by atoms with Gasteiger partial charge in [0, 0.05) is 41.3 Å². The predicted molar refractivity (Wildman–Crippen MR) is 121 cm³/mol. The van der Waals surface area contributed by atoms with Crippen LogP contribution in [0.2, 0.25) is 0 Å². The third kappa shape index (κ3) is 180. The summed E-state index contributed by atoms with van der Waals surface area (Å²) >= 11 is 0. The quantitative estimate of drug-likeness (QED) is 0.494. The lowest BCUT2D eigenvalue weighted by molar-refractivity contribution is -0.141. The predicted octanol–water partition coefficient (Wildman–Crippen LogP) is 6.06. The van der Waals surface area contributed by atoms with E-state index in [1.165, 1.54) is 39.5 Å². The summed E-state index contributed by atoms with van der Waals surface area (Å²) in [4.78, 5) is 19.6. The van der Waals surface area contributed by atoms with Crippen LogP contribution < -0.4 is 0 Å². The zero-order valence-electron chi connectivity index (χ0n) is 21.1. The lowest BCUT2D eigenvalue weighted by atomic mass is 10.4. The maximum Gasteiger partial charge on any atom is 0.302 e. The van der Waals surface area contributed by atoms with Gasteiger partial charge in [-0.2, -0.15) is 0 Å². The summed E-state index contributed by atoms with van der Waals surface area (Å²) in [5.74, 6) is -0.421. The number of ether oxygens (including phenoxy) is 4. The van der Waals surface area contributed by atoms with Crippen LogP contribution in [0.1, 0.15) is 94.9 Å². The summed E-state index contributed by atoms with van der Waals surface area (Å²) in [6, 6.07) is 0. The number of methoxy groups -OCH3 is 2. The van der Waals surface area contributed by atoms with Gasteiger partial charge < -0.3 is 18.9 Å². The maximum absolute atomic E-state index is 9.82. The second-order valence-electron chi connectivity index (χ2n) is 5.00. The number of unbranched alkanes of at least 4 members (excludes halogenated alkanes) is 2. The topological polar surface area (TPSA) is 71.1 Å². The molecule has 0 N–H and O–H groups in total. The third-order valence-electron chi connectivity index (χ3n) is 2.27. The summed E-state index contributed by atoms with van der Waals surface area (Å²) < 4.78 is 17.9. The van der Waals surface area contributed by atoms with Crippen LogP contribution >= 0.6 is 0 Å². The molecule has 6 nitrogen and oxygen atoms in total. The van der Waals surface area contributed by atoms with Gasteiger partial charge in [0.2, 0.25) is 0 Å². The Bertz CT molecular complexity index is 193. The Morgan fingerprint density at radius 2 is 0.679 bits per heavy atom. The lowest BCUT2D eigenvalue weighted by Crippen LogP contribution is -1.95. The van der Waals surface area contributed by atoms with E-state index in [0.29, 0.717) is 13.2 Å². The van der Waals surface area contributed by atoms with Crippen molar-refractivity contribution in [3.05, 3.63) is 0 Å². The van der Waals surface area contributed by atoms with Crippen LogP contribution in [0.15, 0.2) is 0 Å². The van der Waals surface area contributed by atoms with Gasteiger partial charge in [-0.15, -0.1) is 0 Å². The zero-order chi connectivity index (χ0) is 23.6. The van der Waals surface area contributed by atoms with Gasteiger partial charge in [-0.3, -0.25) is 9.59 Å². The zero-order valence-corrected chi connectivity index (χ0v) is 21.1. The Labute approximate surface area is 176 Å². The van der Waals surface area contributed by atoms with Crippen molar-refractivity contribution in [3.63, 3.8) is 0 Å². The van der Waals surface area contributed by atoms with Crippen molar-refractivity contribution in [3.8, 4) is 0 Å². The number of rotatable bonds is 6. The van der Waals surface area contributed by atoms with Crippen LogP contribution in [0.4, 0.5) is 0 Å². The molecule has 0 bridgehead atoms. The molecule has 0 aromatic carbocycles. The highest BCUT2D eigenvalue weighted by molar-refractivity contribution is 5.66. The molecule has 176 valence electrons. The Balaban J connectivity index is -0.0000000525. The molecule has 0 aliphatic rings. The highest BCUT2D eigenvalue weighted by Crippen LogP contribution is 1.77. The smallest absolute Gasteiger partial charge is 0.302 e.